The minimum absolute atomic E-state index is 0.139. The van der Waals surface area contributed by atoms with Crippen LogP contribution in [0.2, 0.25) is 0 Å². The van der Waals surface area contributed by atoms with Crippen LogP contribution in [0.3, 0.4) is 0 Å². The van der Waals surface area contributed by atoms with Gasteiger partial charge in [-0.3, -0.25) is 9.59 Å². The lowest BCUT2D eigenvalue weighted by Gasteiger charge is -2.15. The molecule has 18 heavy (non-hydrogen) atoms. The third kappa shape index (κ3) is 7.24. The second-order valence-electron chi connectivity index (χ2n) is 4.31. The lowest BCUT2D eigenvalue weighted by atomic mass is 10.0. The number of carboxylic acids is 1. The van der Waals surface area contributed by atoms with Gasteiger partial charge in [0, 0.05) is 20.3 Å². The number of rotatable bonds is 10. The summed E-state index contributed by atoms with van der Waals surface area (Å²) in [5.74, 6) is -1.72. The van der Waals surface area contributed by atoms with Gasteiger partial charge < -0.3 is 20.9 Å². The number of nitrogens with two attached hydrogens (primary N) is 1. The van der Waals surface area contributed by atoms with Gasteiger partial charge in [-0.25, -0.2) is 0 Å². The van der Waals surface area contributed by atoms with Crippen LogP contribution in [0.25, 0.3) is 0 Å². The number of nitrogens with one attached hydrogen (secondary N) is 1. The molecule has 0 aliphatic carbocycles. The predicted octanol–water partition coefficient (Wildman–Crippen LogP) is 0.357. The summed E-state index contributed by atoms with van der Waals surface area (Å²) < 4.78 is 4.87. The highest BCUT2D eigenvalue weighted by Gasteiger charge is 2.19. The molecular weight excluding hydrogens is 236 g/mol. The van der Waals surface area contributed by atoms with Crippen molar-refractivity contribution in [1.29, 1.82) is 0 Å². The number of carbonyl (C=O) groups excluding carboxylic acids is 1. The number of carboxylic acid groups (broad SMARTS) is 1. The largest absolute Gasteiger partial charge is 0.481 e. The Morgan fingerprint density at radius 1 is 1.39 bits per heavy atom. The molecule has 0 spiro atoms. The van der Waals surface area contributed by atoms with Crippen LogP contribution in [0.5, 0.6) is 0 Å². The molecule has 0 saturated carbocycles. The van der Waals surface area contributed by atoms with E-state index >= 15 is 0 Å². The Hall–Kier alpha value is -1.14. The third-order valence-corrected chi connectivity index (χ3v) is 2.71. The van der Waals surface area contributed by atoms with E-state index in [1.54, 1.807) is 7.11 Å². The van der Waals surface area contributed by atoms with Crippen LogP contribution in [-0.4, -0.2) is 43.3 Å². The van der Waals surface area contributed by atoms with Crippen molar-refractivity contribution < 1.29 is 19.4 Å². The van der Waals surface area contributed by atoms with Gasteiger partial charge in [0.25, 0.3) is 0 Å². The van der Waals surface area contributed by atoms with Gasteiger partial charge in [0.1, 0.15) is 0 Å². The first-order chi connectivity index (χ1) is 8.52. The number of amides is 1. The number of hydrogen-bond acceptors (Lipinski definition) is 4. The van der Waals surface area contributed by atoms with E-state index in [0.717, 1.165) is 6.42 Å². The molecule has 0 saturated heterocycles. The summed E-state index contributed by atoms with van der Waals surface area (Å²) in [7, 11) is 1.59. The highest BCUT2D eigenvalue weighted by molar-refractivity contribution is 5.82. The van der Waals surface area contributed by atoms with Gasteiger partial charge in [-0.05, 0) is 19.3 Å². The first kappa shape index (κ1) is 16.9. The summed E-state index contributed by atoms with van der Waals surface area (Å²) >= 11 is 0. The van der Waals surface area contributed by atoms with E-state index in [1.165, 1.54) is 0 Å². The van der Waals surface area contributed by atoms with Gasteiger partial charge in [-0.2, -0.15) is 0 Å². The zero-order chi connectivity index (χ0) is 14.0. The average molecular weight is 260 g/mol. The van der Waals surface area contributed by atoms with E-state index in [0.29, 0.717) is 25.9 Å². The molecule has 0 bridgehead atoms. The van der Waals surface area contributed by atoms with Crippen molar-refractivity contribution in [3.8, 4) is 0 Å². The van der Waals surface area contributed by atoms with Gasteiger partial charge in [0.05, 0.1) is 12.0 Å². The zero-order valence-electron chi connectivity index (χ0n) is 11.1. The average Bonchev–Trinajstić information content (AvgIpc) is 2.33. The number of aliphatic carboxylic acids is 1. The molecular formula is C12H24N2O4. The van der Waals surface area contributed by atoms with Crippen LogP contribution in [0, 0.1) is 5.92 Å². The Balaban J connectivity index is 3.95. The first-order valence-electron chi connectivity index (χ1n) is 6.27. The fourth-order valence-electron chi connectivity index (χ4n) is 1.59. The molecule has 0 heterocycles. The highest BCUT2D eigenvalue weighted by Crippen LogP contribution is 2.05. The van der Waals surface area contributed by atoms with Crippen LogP contribution in [0.1, 0.15) is 32.6 Å². The summed E-state index contributed by atoms with van der Waals surface area (Å²) in [6.07, 6.45) is 2.56. The van der Waals surface area contributed by atoms with Gasteiger partial charge in [0.15, 0.2) is 0 Å². The van der Waals surface area contributed by atoms with Gasteiger partial charge >= 0.3 is 5.97 Å². The molecule has 6 nitrogen and oxygen atoms in total. The molecule has 0 aromatic heterocycles. The van der Waals surface area contributed by atoms with Crippen molar-refractivity contribution in [2.24, 2.45) is 11.7 Å². The topological polar surface area (TPSA) is 102 Å². The number of carbonyl (C=O) groups is 2. The fraction of sp³-hybridized carbons (Fsp3) is 0.833. The van der Waals surface area contributed by atoms with Gasteiger partial charge in [-0.15, -0.1) is 0 Å². The van der Waals surface area contributed by atoms with Crippen LogP contribution in [0.15, 0.2) is 0 Å². The summed E-state index contributed by atoms with van der Waals surface area (Å²) in [6, 6.07) is -0.601. The SMILES string of the molecule is CCCC(CNC(=O)C(N)CCCOC)C(=O)O. The minimum atomic E-state index is -0.884. The molecule has 0 aromatic rings. The highest BCUT2D eigenvalue weighted by atomic mass is 16.5. The van der Waals surface area contributed by atoms with Crippen molar-refractivity contribution in [1.82, 2.24) is 5.32 Å². The van der Waals surface area contributed by atoms with Gasteiger partial charge in [0.2, 0.25) is 5.91 Å². The standard InChI is InChI=1S/C12H24N2O4/c1-3-5-9(12(16)17)8-14-11(15)10(13)6-4-7-18-2/h9-10H,3-8,13H2,1-2H3,(H,14,15)(H,16,17). The first-order valence-corrected chi connectivity index (χ1v) is 6.27. The summed E-state index contributed by atoms with van der Waals surface area (Å²) in [5, 5.41) is 11.5. The molecule has 0 aromatic carbocycles. The van der Waals surface area contributed by atoms with Crippen LogP contribution < -0.4 is 11.1 Å². The maximum Gasteiger partial charge on any atom is 0.308 e. The maximum atomic E-state index is 11.6. The van der Waals surface area contributed by atoms with Crippen LogP contribution in [0.4, 0.5) is 0 Å². The fourth-order valence-corrected chi connectivity index (χ4v) is 1.59. The molecule has 2 atom stereocenters. The Morgan fingerprint density at radius 3 is 2.56 bits per heavy atom. The molecule has 0 aliphatic heterocycles. The quantitative estimate of drug-likeness (QED) is 0.492. The molecule has 2 unspecified atom stereocenters. The molecule has 0 aliphatic rings. The third-order valence-electron chi connectivity index (χ3n) is 2.71. The smallest absolute Gasteiger partial charge is 0.308 e. The van der Waals surface area contributed by atoms with Crippen LogP contribution in [-0.2, 0) is 14.3 Å². The maximum absolute atomic E-state index is 11.6. The van der Waals surface area contributed by atoms with Crippen molar-refractivity contribution in [3.05, 3.63) is 0 Å². The van der Waals surface area contributed by atoms with Gasteiger partial charge in [-0.1, -0.05) is 13.3 Å². The van der Waals surface area contributed by atoms with E-state index in [-0.39, 0.29) is 12.5 Å². The normalized spacial score (nSPS) is 13.9. The Kier molecular flexibility index (Phi) is 9.22. The van der Waals surface area contributed by atoms with Crippen LogP contribution >= 0.6 is 0 Å². The van der Waals surface area contributed by atoms with E-state index in [2.05, 4.69) is 5.32 Å². The lowest BCUT2D eigenvalue weighted by Crippen LogP contribution is -2.43. The molecule has 6 heteroatoms. The van der Waals surface area contributed by atoms with E-state index in [9.17, 15) is 9.59 Å². The monoisotopic (exact) mass is 260 g/mol. The minimum Gasteiger partial charge on any atom is -0.481 e. The molecule has 4 N–H and O–H groups in total. The molecule has 1 amide bonds. The number of methoxy groups -OCH3 is 1. The Labute approximate surface area is 108 Å². The second-order valence-corrected chi connectivity index (χ2v) is 4.31. The molecule has 0 radical (unpaired) electrons. The number of ether oxygens (including phenoxy) is 1. The number of hydrogen-bond donors (Lipinski definition) is 3. The molecule has 0 fully saturated rings. The Morgan fingerprint density at radius 2 is 2.06 bits per heavy atom. The predicted molar refractivity (Wildman–Crippen MR) is 68.1 cm³/mol. The summed E-state index contributed by atoms with van der Waals surface area (Å²) in [5.41, 5.74) is 5.68. The van der Waals surface area contributed by atoms with Crippen molar-refractivity contribution in [2.75, 3.05) is 20.3 Å². The molecule has 106 valence electrons. The summed E-state index contributed by atoms with van der Waals surface area (Å²) in [4.78, 5) is 22.5. The summed E-state index contributed by atoms with van der Waals surface area (Å²) in [6.45, 7) is 2.61. The lowest BCUT2D eigenvalue weighted by molar-refractivity contribution is -0.142. The van der Waals surface area contributed by atoms with E-state index < -0.39 is 17.9 Å². The van der Waals surface area contributed by atoms with Crippen molar-refractivity contribution in [2.45, 2.75) is 38.6 Å². The zero-order valence-corrected chi connectivity index (χ0v) is 11.1. The Bertz CT molecular complexity index is 258. The second kappa shape index (κ2) is 9.85. The van der Waals surface area contributed by atoms with Crippen molar-refractivity contribution in [3.63, 3.8) is 0 Å². The van der Waals surface area contributed by atoms with Crippen molar-refractivity contribution >= 4 is 11.9 Å². The van der Waals surface area contributed by atoms with E-state index in [4.69, 9.17) is 15.6 Å². The molecule has 0 rings (SSSR count). The van der Waals surface area contributed by atoms with E-state index in [1.807, 2.05) is 6.92 Å².